The summed E-state index contributed by atoms with van der Waals surface area (Å²) in [6, 6.07) is 18.4. The molecule has 3 rings (SSSR count). The van der Waals surface area contributed by atoms with Gasteiger partial charge in [-0.15, -0.1) is 0 Å². The zero-order chi connectivity index (χ0) is 21.7. The molecule has 2 amide bonds. The molecule has 154 valence electrons. The van der Waals surface area contributed by atoms with Crippen molar-refractivity contribution in [1.29, 1.82) is 0 Å². The molecular formula is C23H23N3O3S. The van der Waals surface area contributed by atoms with Gasteiger partial charge in [0.25, 0.3) is 5.91 Å². The Bertz CT molecular complexity index is 1110. The molecule has 0 aliphatic carbocycles. The topological polar surface area (TPSA) is 79.5 Å². The fraction of sp³-hybridized carbons (Fsp3) is 0.174. The number of ether oxygens (including phenoxy) is 1. The Hall–Kier alpha value is -3.45. The molecule has 7 heteroatoms. The zero-order valence-corrected chi connectivity index (χ0v) is 17.8. The first-order valence-electron chi connectivity index (χ1n) is 9.47. The van der Waals surface area contributed by atoms with Gasteiger partial charge in [-0.05, 0) is 53.3 Å². The van der Waals surface area contributed by atoms with Crippen LogP contribution in [-0.2, 0) is 4.79 Å². The van der Waals surface area contributed by atoms with E-state index in [-0.39, 0.29) is 22.8 Å². The van der Waals surface area contributed by atoms with Crippen LogP contribution in [0.5, 0.6) is 5.75 Å². The van der Waals surface area contributed by atoms with Gasteiger partial charge in [0.15, 0.2) is 5.11 Å². The van der Waals surface area contributed by atoms with Crippen molar-refractivity contribution in [2.45, 2.75) is 13.8 Å². The van der Waals surface area contributed by atoms with Crippen molar-refractivity contribution in [1.82, 2.24) is 5.32 Å². The first-order chi connectivity index (χ1) is 14.4. The lowest BCUT2D eigenvalue weighted by Gasteiger charge is -2.14. The van der Waals surface area contributed by atoms with Crippen LogP contribution in [0.3, 0.4) is 0 Å². The number of rotatable bonds is 5. The van der Waals surface area contributed by atoms with Crippen LogP contribution in [0.1, 0.15) is 24.2 Å². The predicted molar refractivity (Wildman–Crippen MR) is 124 cm³/mol. The molecule has 0 aliphatic heterocycles. The van der Waals surface area contributed by atoms with Crippen LogP contribution in [0.15, 0.2) is 60.7 Å². The quantitative estimate of drug-likeness (QED) is 0.526. The Kier molecular flexibility index (Phi) is 6.64. The van der Waals surface area contributed by atoms with Gasteiger partial charge in [-0.25, -0.2) is 0 Å². The van der Waals surface area contributed by atoms with E-state index in [0.29, 0.717) is 22.7 Å². The number of benzene rings is 3. The summed E-state index contributed by atoms with van der Waals surface area (Å²) < 4.78 is 5.38. The van der Waals surface area contributed by atoms with Gasteiger partial charge in [-0.1, -0.05) is 44.2 Å². The average Bonchev–Trinajstić information content (AvgIpc) is 2.72. The normalized spacial score (nSPS) is 10.5. The van der Waals surface area contributed by atoms with Crippen LogP contribution in [-0.4, -0.2) is 24.0 Å². The summed E-state index contributed by atoms with van der Waals surface area (Å²) in [5, 5.41) is 10.5. The number of nitrogens with one attached hydrogen (secondary N) is 3. The number of thiocarbonyl (C=S) groups is 1. The molecule has 0 aromatic heterocycles. The molecule has 6 nitrogen and oxygen atoms in total. The maximum atomic E-state index is 12.8. The van der Waals surface area contributed by atoms with Crippen LogP contribution in [0, 0.1) is 5.92 Å². The molecule has 0 bridgehead atoms. The molecule has 0 heterocycles. The second-order valence-electron chi connectivity index (χ2n) is 7.03. The SMILES string of the molecule is COc1cc2ccccc2cc1C(=O)NC(=S)Nc1cccc(NC(=O)C(C)C)c1. The Labute approximate surface area is 180 Å². The highest BCUT2D eigenvalue weighted by Crippen LogP contribution is 2.26. The highest BCUT2D eigenvalue weighted by Gasteiger charge is 2.15. The molecule has 0 aliphatic rings. The summed E-state index contributed by atoms with van der Waals surface area (Å²) in [5.41, 5.74) is 1.68. The molecule has 3 N–H and O–H groups in total. The van der Waals surface area contributed by atoms with Gasteiger partial charge in [0.05, 0.1) is 12.7 Å². The summed E-state index contributed by atoms with van der Waals surface area (Å²) in [6.45, 7) is 3.65. The van der Waals surface area contributed by atoms with Crippen LogP contribution in [0.4, 0.5) is 11.4 Å². The molecule has 0 fully saturated rings. The van der Waals surface area contributed by atoms with Crippen LogP contribution in [0.2, 0.25) is 0 Å². The van der Waals surface area contributed by atoms with Crippen LogP contribution >= 0.6 is 12.2 Å². The lowest BCUT2D eigenvalue weighted by atomic mass is 10.1. The Balaban J connectivity index is 1.71. The molecule has 3 aromatic rings. The minimum atomic E-state index is -0.376. The van der Waals surface area contributed by atoms with E-state index in [1.165, 1.54) is 7.11 Å². The molecule has 0 radical (unpaired) electrons. The molecule has 0 unspecified atom stereocenters. The summed E-state index contributed by atoms with van der Waals surface area (Å²) in [5.74, 6) is -0.114. The first-order valence-corrected chi connectivity index (χ1v) is 9.88. The number of carbonyl (C=O) groups is 2. The van der Waals surface area contributed by atoms with Crippen molar-refractivity contribution in [3.63, 3.8) is 0 Å². The molecule has 0 atom stereocenters. The third kappa shape index (κ3) is 5.12. The van der Waals surface area contributed by atoms with E-state index in [1.54, 1.807) is 30.3 Å². The summed E-state index contributed by atoms with van der Waals surface area (Å²) in [4.78, 5) is 24.7. The maximum Gasteiger partial charge on any atom is 0.261 e. The van der Waals surface area contributed by atoms with E-state index in [2.05, 4.69) is 16.0 Å². The Morgan fingerprint density at radius 3 is 2.17 bits per heavy atom. The van der Waals surface area contributed by atoms with Crippen molar-refractivity contribution in [2.75, 3.05) is 17.7 Å². The van der Waals surface area contributed by atoms with Crippen LogP contribution < -0.4 is 20.7 Å². The van der Waals surface area contributed by atoms with Crippen LogP contribution in [0.25, 0.3) is 10.8 Å². The number of fused-ring (bicyclic) bond motifs is 1. The molecule has 0 spiro atoms. The number of anilines is 2. The summed E-state index contributed by atoms with van der Waals surface area (Å²) in [6.07, 6.45) is 0. The lowest BCUT2D eigenvalue weighted by Crippen LogP contribution is -2.34. The molecule has 3 aromatic carbocycles. The van der Waals surface area contributed by atoms with E-state index >= 15 is 0 Å². The standard InChI is InChI=1S/C23H23N3O3S/c1-14(2)21(27)24-17-9-6-10-18(13-17)25-23(30)26-22(28)19-11-15-7-4-5-8-16(15)12-20(19)29-3/h4-14H,1-3H3,(H,24,27)(H2,25,26,28,30). The van der Waals surface area contributed by atoms with Gasteiger partial charge in [0.1, 0.15) is 5.75 Å². The van der Waals surface area contributed by atoms with Crippen molar-refractivity contribution >= 4 is 51.3 Å². The van der Waals surface area contributed by atoms with Crippen molar-refractivity contribution in [2.24, 2.45) is 5.92 Å². The number of carbonyl (C=O) groups excluding carboxylic acids is 2. The second-order valence-corrected chi connectivity index (χ2v) is 7.44. The fourth-order valence-electron chi connectivity index (χ4n) is 2.86. The van der Waals surface area contributed by atoms with E-state index in [1.807, 2.05) is 44.2 Å². The Morgan fingerprint density at radius 2 is 1.53 bits per heavy atom. The second kappa shape index (κ2) is 9.37. The van der Waals surface area contributed by atoms with Crippen molar-refractivity contribution in [3.05, 3.63) is 66.2 Å². The smallest absolute Gasteiger partial charge is 0.261 e. The molecule has 0 saturated carbocycles. The number of hydrogen-bond donors (Lipinski definition) is 3. The van der Waals surface area contributed by atoms with Crippen molar-refractivity contribution < 1.29 is 14.3 Å². The van der Waals surface area contributed by atoms with Gasteiger partial charge in [-0.2, -0.15) is 0 Å². The van der Waals surface area contributed by atoms with E-state index < -0.39 is 0 Å². The summed E-state index contributed by atoms with van der Waals surface area (Å²) >= 11 is 5.29. The van der Waals surface area contributed by atoms with Crippen molar-refractivity contribution in [3.8, 4) is 5.75 Å². The minimum Gasteiger partial charge on any atom is -0.496 e. The largest absolute Gasteiger partial charge is 0.496 e. The third-order valence-electron chi connectivity index (χ3n) is 4.45. The van der Waals surface area contributed by atoms with Gasteiger partial charge in [-0.3, -0.25) is 14.9 Å². The molecular weight excluding hydrogens is 398 g/mol. The van der Waals surface area contributed by atoms with E-state index in [0.717, 1.165) is 10.8 Å². The zero-order valence-electron chi connectivity index (χ0n) is 17.0. The van der Waals surface area contributed by atoms with Gasteiger partial charge < -0.3 is 15.4 Å². The lowest BCUT2D eigenvalue weighted by molar-refractivity contribution is -0.118. The van der Waals surface area contributed by atoms with Gasteiger partial charge in [0.2, 0.25) is 5.91 Å². The molecule has 30 heavy (non-hydrogen) atoms. The average molecular weight is 422 g/mol. The summed E-state index contributed by atoms with van der Waals surface area (Å²) in [7, 11) is 1.52. The predicted octanol–water partition coefficient (Wildman–Crippen LogP) is 4.57. The first kappa shape index (κ1) is 21.3. The number of hydrogen-bond acceptors (Lipinski definition) is 4. The monoisotopic (exact) mass is 421 g/mol. The van der Waals surface area contributed by atoms with Gasteiger partial charge in [0, 0.05) is 17.3 Å². The van der Waals surface area contributed by atoms with Gasteiger partial charge >= 0.3 is 0 Å². The maximum absolute atomic E-state index is 12.8. The highest BCUT2D eigenvalue weighted by molar-refractivity contribution is 7.80. The van der Waals surface area contributed by atoms with E-state index in [9.17, 15) is 9.59 Å². The third-order valence-corrected chi connectivity index (χ3v) is 4.66. The molecule has 0 saturated heterocycles. The number of methoxy groups -OCH3 is 1. The highest BCUT2D eigenvalue weighted by atomic mass is 32.1. The minimum absolute atomic E-state index is 0.0774. The van der Waals surface area contributed by atoms with E-state index in [4.69, 9.17) is 17.0 Å². The Morgan fingerprint density at radius 1 is 0.900 bits per heavy atom. The number of amides is 2. The fourth-order valence-corrected chi connectivity index (χ4v) is 3.07.